The number of fused-ring (bicyclic) bond motifs is 1. The summed E-state index contributed by atoms with van der Waals surface area (Å²) in [5, 5.41) is 13.3. The zero-order chi connectivity index (χ0) is 18.8. The monoisotopic (exact) mass is 398 g/mol. The van der Waals surface area contributed by atoms with Gasteiger partial charge in [-0.25, -0.2) is 10.9 Å². The second-order valence-electron chi connectivity index (χ2n) is 5.11. The number of thiazole rings is 1. The second kappa shape index (κ2) is 7.41. The Hall–Kier alpha value is -2.47. The lowest BCUT2D eigenvalue weighted by Crippen LogP contribution is -2.52. The molecule has 0 aromatic carbocycles. The molecule has 3 rings (SSSR count). The van der Waals surface area contributed by atoms with E-state index >= 15 is 0 Å². The summed E-state index contributed by atoms with van der Waals surface area (Å²) >= 11 is 2.04. The molecular formula is C12H14N8O4S2. The van der Waals surface area contributed by atoms with E-state index < -0.39 is 34.8 Å². The summed E-state index contributed by atoms with van der Waals surface area (Å²) in [7, 11) is 0. The maximum Gasteiger partial charge on any atom is 0.311 e. The normalized spacial score (nSPS) is 26.2. The third-order valence-corrected chi connectivity index (χ3v) is 5.74. The largest absolute Gasteiger partial charge is 0.340 e. The van der Waals surface area contributed by atoms with Gasteiger partial charge in [-0.05, 0) is 12.1 Å². The highest BCUT2D eigenvalue weighted by Gasteiger charge is 2.40. The minimum atomic E-state index is -1.06. The van der Waals surface area contributed by atoms with Crippen LogP contribution in [0.4, 0.5) is 5.82 Å². The molecule has 0 saturated carbocycles. The van der Waals surface area contributed by atoms with Gasteiger partial charge < -0.3 is 15.9 Å². The maximum absolute atomic E-state index is 12.4. The number of nitrogens with zero attached hydrogens (tertiary/aromatic N) is 5. The molecule has 0 aliphatic carbocycles. The summed E-state index contributed by atoms with van der Waals surface area (Å²) in [6.45, 7) is 1.59. The molecule has 4 atom stereocenters. The van der Waals surface area contributed by atoms with E-state index in [-0.39, 0.29) is 10.7 Å². The van der Waals surface area contributed by atoms with Gasteiger partial charge in [-0.1, -0.05) is 22.5 Å². The first-order chi connectivity index (χ1) is 12.5. The fourth-order valence-electron chi connectivity index (χ4n) is 2.50. The van der Waals surface area contributed by atoms with E-state index in [4.69, 9.17) is 16.4 Å². The van der Waals surface area contributed by atoms with E-state index in [9.17, 15) is 14.5 Å². The van der Waals surface area contributed by atoms with Crippen molar-refractivity contribution in [1.29, 1.82) is 0 Å². The first kappa shape index (κ1) is 18.3. The summed E-state index contributed by atoms with van der Waals surface area (Å²) in [5.74, 6) is 16.0. The number of amides is 1. The number of hydrogen-bond acceptors (Lipinski definition) is 11. The Labute approximate surface area is 154 Å². The first-order valence-corrected chi connectivity index (χ1v) is 9.10. The number of carbonyl (C=O) groups excluding carboxylic acids is 1. The van der Waals surface area contributed by atoms with Gasteiger partial charge in [0.1, 0.15) is 22.4 Å². The number of rotatable bonds is 4. The average Bonchev–Trinajstić information content (AvgIpc) is 3.21. The maximum atomic E-state index is 12.4. The molecule has 26 heavy (non-hydrogen) atoms. The zero-order valence-electron chi connectivity index (χ0n) is 13.4. The van der Waals surface area contributed by atoms with Gasteiger partial charge in [-0.2, -0.15) is 0 Å². The van der Waals surface area contributed by atoms with Crippen LogP contribution in [0, 0.1) is 16.7 Å². The number of hydrogen-bond donors (Lipinski definition) is 3. The number of thioether (sulfide) groups is 1. The van der Waals surface area contributed by atoms with Crippen molar-refractivity contribution in [2.24, 2.45) is 27.2 Å². The number of nitroso groups, excluding NO2 is 1. The second-order valence-corrected chi connectivity index (χ2v) is 7.21. The molecule has 1 aromatic heterocycles. The highest BCUT2D eigenvalue weighted by Crippen LogP contribution is 2.38. The number of aromatic nitrogens is 1. The van der Waals surface area contributed by atoms with Crippen molar-refractivity contribution in [3.05, 3.63) is 19.5 Å². The fourth-order valence-corrected chi connectivity index (χ4v) is 4.52. The molecule has 1 fully saturated rings. The standard InChI is InChI=1S/C12H14N8O4S2/c1-2-3-5(17-23)10-24-6(4-25-10)19-8-7(26-12(19)22)9(21)20(14)11(15-8)16-18-13/h5-6,10-11,15H,4,14H2,1H3,(H2,13,16)/t5?,6-,10+,11?/m1/s1. The smallest absolute Gasteiger partial charge is 0.311 e. The topological polar surface area (TPSA) is 170 Å². The Morgan fingerprint density at radius 3 is 2.88 bits per heavy atom. The third-order valence-electron chi connectivity index (χ3n) is 3.62. The number of nitrogens with one attached hydrogen (secondary N) is 1. The molecule has 2 aliphatic heterocycles. The van der Waals surface area contributed by atoms with Crippen LogP contribution in [0.1, 0.15) is 22.8 Å². The van der Waals surface area contributed by atoms with Crippen LogP contribution in [0.25, 0.3) is 0 Å². The minimum absolute atomic E-state index is 0.122. The summed E-state index contributed by atoms with van der Waals surface area (Å²) in [5.41, 5.74) is -0.614. The van der Waals surface area contributed by atoms with Crippen molar-refractivity contribution in [2.75, 3.05) is 11.1 Å². The van der Waals surface area contributed by atoms with Gasteiger partial charge in [-0.3, -0.25) is 14.2 Å². The van der Waals surface area contributed by atoms with Crippen molar-refractivity contribution in [1.82, 2.24) is 9.58 Å². The predicted molar refractivity (Wildman–Crippen MR) is 94.8 cm³/mol. The van der Waals surface area contributed by atoms with E-state index in [0.29, 0.717) is 5.75 Å². The lowest BCUT2D eigenvalue weighted by Gasteiger charge is -2.30. The molecule has 14 heteroatoms. The van der Waals surface area contributed by atoms with Gasteiger partial charge in [-0.15, -0.1) is 27.7 Å². The van der Waals surface area contributed by atoms with Crippen molar-refractivity contribution < 1.29 is 9.53 Å². The molecule has 5 N–H and O–H groups in total. The quantitative estimate of drug-likeness (QED) is 0.159. The molecule has 0 bridgehead atoms. The van der Waals surface area contributed by atoms with E-state index in [0.717, 1.165) is 16.3 Å². The molecule has 1 amide bonds. The summed E-state index contributed by atoms with van der Waals surface area (Å²) in [4.78, 5) is 35.4. The molecule has 0 radical (unpaired) electrons. The van der Waals surface area contributed by atoms with Crippen LogP contribution >= 0.6 is 23.1 Å². The van der Waals surface area contributed by atoms with Crippen LogP contribution in [-0.2, 0) is 4.74 Å². The Morgan fingerprint density at radius 1 is 1.46 bits per heavy atom. The third kappa shape index (κ3) is 3.05. The molecule has 1 saturated heterocycles. The Bertz CT molecular complexity index is 871. The molecule has 3 heterocycles. The van der Waals surface area contributed by atoms with E-state index in [1.54, 1.807) is 6.92 Å². The van der Waals surface area contributed by atoms with Crippen molar-refractivity contribution in [3.63, 3.8) is 0 Å². The fraction of sp³-hybridized carbons (Fsp3) is 0.500. The first-order valence-electron chi connectivity index (χ1n) is 7.23. The lowest BCUT2D eigenvalue weighted by molar-refractivity contribution is 0.0152. The molecule has 138 valence electrons. The van der Waals surface area contributed by atoms with Crippen molar-refractivity contribution in [3.8, 4) is 11.8 Å². The van der Waals surface area contributed by atoms with Gasteiger partial charge in [0.15, 0.2) is 6.04 Å². The number of nitrogens with two attached hydrogens (primary N) is 2. The minimum Gasteiger partial charge on any atom is -0.340 e. The molecule has 12 nitrogen and oxygen atoms in total. The SMILES string of the molecule is CC#CC(N=O)[C@H]1O[C@@H](n2c3c(sc2=O)C(=O)N(N)C(N=NN)N3)CS1. The summed E-state index contributed by atoms with van der Waals surface area (Å²) in [6.07, 6.45) is -1.76. The van der Waals surface area contributed by atoms with Crippen LogP contribution in [-0.4, -0.2) is 39.0 Å². The Morgan fingerprint density at radius 2 is 2.23 bits per heavy atom. The Balaban J connectivity index is 1.92. The van der Waals surface area contributed by atoms with Crippen LogP contribution in [0.5, 0.6) is 0 Å². The van der Waals surface area contributed by atoms with Gasteiger partial charge in [0.05, 0.1) is 0 Å². The highest BCUT2D eigenvalue weighted by molar-refractivity contribution is 8.00. The van der Waals surface area contributed by atoms with Gasteiger partial charge in [0, 0.05) is 5.75 Å². The van der Waals surface area contributed by atoms with Gasteiger partial charge in [0.25, 0.3) is 5.91 Å². The number of anilines is 1. The zero-order valence-corrected chi connectivity index (χ0v) is 15.0. The van der Waals surface area contributed by atoms with E-state index in [1.807, 2.05) is 0 Å². The number of ether oxygens (including phenoxy) is 1. The molecule has 2 aliphatic rings. The van der Waals surface area contributed by atoms with Crippen LogP contribution in [0.3, 0.4) is 0 Å². The average molecular weight is 398 g/mol. The van der Waals surface area contributed by atoms with Crippen molar-refractivity contribution in [2.45, 2.75) is 30.9 Å². The van der Waals surface area contributed by atoms with Crippen LogP contribution < -0.4 is 21.9 Å². The molecule has 1 aromatic rings. The van der Waals surface area contributed by atoms with E-state index in [1.165, 1.54) is 16.3 Å². The molecule has 0 spiro atoms. The molecule has 2 unspecified atom stereocenters. The van der Waals surface area contributed by atoms with E-state index in [2.05, 4.69) is 32.7 Å². The van der Waals surface area contributed by atoms with Crippen LogP contribution in [0.2, 0.25) is 0 Å². The van der Waals surface area contributed by atoms with Gasteiger partial charge >= 0.3 is 4.87 Å². The van der Waals surface area contributed by atoms with Crippen LogP contribution in [0.15, 0.2) is 20.3 Å². The number of hydrazine groups is 1. The predicted octanol–water partition coefficient (Wildman–Crippen LogP) is 0.00710. The lowest BCUT2D eigenvalue weighted by atomic mass is 10.3. The Kier molecular flexibility index (Phi) is 5.23. The summed E-state index contributed by atoms with van der Waals surface area (Å²) < 4.78 is 7.07. The number of carbonyl (C=O) groups is 1. The van der Waals surface area contributed by atoms with Crippen molar-refractivity contribution >= 4 is 34.8 Å². The highest BCUT2D eigenvalue weighted by atomic mass is 32.2. The van der Waals surface area contributed by atoms with Gasteiger partial charge in [0.2, 0.25) is 6.29 Å². The molecular weight excluding hydrogens is 384 g/mol. The summed E-state index contributed by atoms with van der Waals surface area (Å²) in [6, 6.07) is -0.854.